The summed E-state index contributed by atoms with van der Waals surface area (Å²) >= 11 is 0. The maximum absolute atomic E-state index is 12.9. The minimum Gasteiger partial charge on any atom is -0.516 e. The van der Waals surface area contributed by atoms with Crippen LogP contribution in [0.3, 0.4) is 0 Å². The fourth-order valence-corrected chi connectivity index (χ4v) is 2.00. The molecule has 128 valence electrons. The van der Waals surface area contributed by atoms with Crippen molar-refractivity contribution < 1.29 is 40.7 Å². The molecule has 0 aliphatic carbocycles. The number of hydrogen-bond donors (Lipinski definition) is 0. The zero-order valence-corrected chi connectivity index (χ0v) is 13.3. The van der Waals surface area contributed by atoms with Crippen LogP contribution in [0.25, 0.3) is 0 Å². The number of benzene rings is 1. The van der Waals surface area contributed by atoms with Crippen molar-refractivity contribution in [2.24, 2.45) is 0 Å². The molecule has 0 aliphatic rings. The van der Waals surface area contributed by atoms with E-state index >= 15 is 0 Å². The maximum Gasteiger partial charge on any atom is 0.465 e. The van der Waals surface area contributed by atoms with Crippen LogP contribution in [0.1, 0.15) is 10.4 Å². The van der Waals surface area contributed by atoms with Gasteiger partial charge in [-0.15, -0.1) is 0 Å². The second kappa shape index (κ2) is 6.26. The Morgan fingerprint density at radius 2 is 1.52 bits per heavy atom. The van der Waals surface area contributed by atoms with Crippen LogP contribution in [0.4, 0.5) is 22.0 Å². The summed E-state index contributed by atoms with van der Waals surface area (Å²) in [5, 5.41) is 0. The third-order valence-electron chi connectivity index (χ3n) is 2.32. The molecule has 1 rings (SSSR count). The molecule has 0 amide bonds. The smallest absolute Gasteiger partial charge is 0.465 e. The lowest BCUT2D eigenvalue weighted by atomic mass is 10.2. The number of hydrogen-bond acceptors (Lipinski definition) is 4. The Morgan fingerprint density at radius 3 is 2.00 bits per heavy atom. The van der Waals surface area contributed by atoms with E-state index in [2.05, 4.69) is 4.74 Å². The first-order valence-corrected chi connectivity index (χ1v) is 9.66. The van der Waals surface area contributed by atoms with Gasteiger partial charge >= 0.3 is 24.0 Å². The number of carbonyl (C=O) groups excluding carboxylic acids is 2. The Morgan fingerprint density at radius 1 is 1.00 bits per heavy atom. The summed E-state index contributed by atoms with van der Waals surface area (Å²) in [6, 6.07) is 4.54. The molecule has 0 radical (unpaired) electrons. The van der Waals surface area contributed by atoms with Crippen LogP contribution >= 0.6 is 0 Å². The number of carbonyl (C=O) groups is 2. The number of ether oxygens (including phenoxy) is 1. The molecule has 0 spiro atoms. The summed E-state index contributed by atoms with van der Waals surface area (Å²) in [5.74, 6) is -10.2. The quantitative estimate of drug-likeness (QED) is 0.357. The predicted molar refractivity (Wildman–Crippen MR) is 71.8 cm³/mol. The largest absolute Gasteiger partial charge is 0.516 e. The van der Waals surface area contributed by atoms with Crippen molar-refractivity contribution >= 4 is 20.3 Å². The maximum atomic E-state index is 12.9. The van der Waals surface area contributed by atoms with Crippen LogP contribution in [0, 0.1) is 0 Å². The Hall–Kier alpha value is -1.97. The Balaban J connectivity index is 3.08. The highest BCUT2D eigenvalue weighted by molar-refractivity contribution is 6.71. The van der Waals surface area contributed by atoms with Crippen molar-refractivity contribution in [1.29, 1.82) is 0 Å². The van der Waals surface area contributed by atoms with Crippen molar-refractivity contribution in [2.75, 3.05) is 0 Å². The summed E-state index contributed by atoms with van der Waals surface area (Å²) < 4.78 is 71.4. The molecular formula is C13H13F5O4Si. The highest BCUT2D eigenvalue weighted by Gasteiger charge is 2.65. The zero-order valence-electron chi connectivity index (χ0n) is 12.3. The molecular weight excluding hydrogens is 343 g/mol. The molecule has 0 saturated carbocycles. The first kappa shape index (κ1) is 19.1. The number of rotatable bonds is 4. The molecule has 1 aromatic rings. The Kier molecular flexibility index (Phi) is 5.19. The second-order valence-electron chi connectivity index (χ2n) is 5.46. The average molecular weight is 356 g/mol. The topological polar surface area (TPSA) is 52.6 Å². The predicted octanol–water partition coefficient (Wildman–Crippen LogP) is 3.78. The van der Waals surface area contributed by atoms with Crippen LogP contribution in [-0.2, 0) is 9.22 Å². The molecule has 0 bridgehead atoms. The van der Waals surface area contributed by atoms with Crippen LogP contribution < -0.4 is 4.74 Å². The summed E-state index contributed by atoms with van der Waals surface area (Å²) in [6.07, 6.45) is -6.10. The van der Waals surface area contributed by atoms with Crippen LogP contribution in [0.2, 0.25) is 19.6 Å². The summed E-state index contributed by atoms with van der Waals surface area (Å²) in [6.45, 7) is 4.99. The molecule has 1 aromatic carbocycles. The van der Waals surface area contributed by atoms with E-state index in [-0.39, 0.29) is 0 Å². The fraction of sp³-hybridized carbons (Fsp3) is 0.385. The van der Waals surface area contributed by atoms with Crippen molar-refractivity contribution in [3.8, 4) is 5.75 Å². The third kappa shape index (κ3) is 4.75. The fourth-order valence-electron chi connectivity index (χ4n) is 1.34. The van der Waals surface area contributed by atoms with Crippen molar-refractivity contribution in [3.05, 3.63) is 29.8 Å². The number of para-hydroxylation sites is 1. The monoisotopic (exact) mass is 356 g/mol. The van der Waals surface area contributed by atoms with Crippen LogP contribution in [-0.4, -0.2) is 32.4 Å². The van der Waals surface area contributed by atoms with Gasteiger partial charge in [0.25, 0.3) is 0 Å². The Labute approximate surface area is 129 Å². The van der Waals surface area contributed by atoms with Gasteiger partial charge in [0.05, 0.1) is 0 Å². The second-order valence-corrected chi connectivity index (χ2v) is 9.89. The summed E-state index contributed by atoms with van der Waals surface area (Å²) in [4.78, 5) is 23.0. The van der Waals surface area contributed by atoms with Gasteiger partial charge in [-0.2, -0.15) is 22.0 Å². The number of halogens is 5. The highest BCUT2D eigenvalue weighted by Crippen LogP contribution is 2.37. The molecule has 0 unspecified atom stereocenters. The average Bonchev–Trinajstić information content (AvgIpc) is 2.35. The zero-order chi connectivity index (χ0) is 18.1. The van der Waals surface area contributed by atoms with Gasteiger partial charge in [-0.05, 0) is 31.8 Å². The van der Waals surface area contributed by atoms with E-state index in [1.807, 2.05) is 0 Å². The molecule has 0 aromatic heterocycles. The minimum absolute atomic E-state index is 0.416. The third-order valence-corrected chi connectivity index (χ3v) is 3.12. The number of alkyl halides is 5. The minimum atomic E-state index is -6.10. The van der Waals surface area contributed by atoms with Crippen molar-refractivity contribution in [1.82, 2.24) is 0 Å². The van der Waals surface area contributed by atoms with E-state index in [0.717, 1.165) is 12.1 Å². The standard InChI is InChI=1S/C13H13F5O4Si/c1-23(2,3)22-10(19)8-6-4-5-7-9(8)21-11(20)12(14,15)13(16,17)18/h4-7H,1-3H3. The molecule has 0 aliphatic heterocycles. The van der Waals surface area contributed by atoms with E-state index in [4.69, 9.17) is 4.43 Å². The molecule has 4 nitrogen and oxygen atoms in total. The van der Waals surface area contributed by atoms with Gasteiger partial charge in [0.1, 0.15) is 11.3 Å². The lowest BCUT2D eigenvalue weighted by Crippen LogP contribution is -2.46. The van der Waals surface area contributed by atoms with Gasteiger partial charge in [0.2, 0.25) is 8.32 Å². The van der Waals surface area contributed by atoms with Gasteiger partial charge in [-0.25, -0.2) is 9.59 Å². The first-order chi connectivity index (χ1) is 10.3. The first-order valence-electron chi connectivity index (χ1n) is 6.25. The van der Waals surface area contributed by atoms with Gasteiger partial charge in [0, 0.05) is 0 Å². The van der Waals surface area contributed by atoms with Crippen LogP contribution in [0.15, 0.2) is 24.3 Å². The van der Waals surface area contributed by atoms with E-state index in [1.165, 1.54) is 12.1 Å². The van der Waals surface area contributed by atoms with E-state index in [1.54, 1.807) is 19.6 Å². The molecule has 0 atom stereocenters. The van der Waals surface area contributed by atoms with E-state index in [0.29, 0.717) is 0 Å². The van der Waals surface area contributed by atoms with Crippen molar-refractivity contribution in [3.63, 3.8) is 0 Å². The molecule has 0 N–H and O–H groups in total. The SMILES string of the molecule is C[Si](C)(C)OC(=O)c1ccccc1OC(=O)C(F)(F)C(F)(F)F. The normalized spacial score (nSPS) is 12.7. The summed E-state index contributed by atoms with van der Waals surface area (Å²) in [7, 11) is -2.35. The molecule has 0 saturated heterocycles. The number of esters is 1. The lowest BCUT2D eigenvalue weighted by Gasteiger charge is -2.20. The molecule has 10 heteroatoms. The van der Waals surface area contributed by atoms with Gasteiger partial charge < -0.3 is 9.16 Å². The van der Waals surface area contributed by atoms with Gasteiger partial charge in [0.15, 0.2) is 0 Å². The van der Waals surface area contributed by atoms with E-state index < -0.39 is 43.7 Å². The van der Waals surface area contributed by atoms with E-state index in [9.17, 15) is 31.5 Å². The van der Waals surface area contributed by atoms with Gasteiger partial charge in [-0.3, -0.25) is 0 Å². The summed E-state index contributed by atoms with van der Waals surface area (Å²) in [5.41, 5.74) is -0.416. The van der Waals surface area contributed by atoms with Crippen LogP contribution in [0.5, 0.6) is 5.75 Å². The molecule has 0 heterocycles. The molecule has 0 fully saturated rings. The van der Waals surface area contributed by atoms with Crippen molar-refractivity contribution in [2.45, 2.75) is 31.7 Å². The Bertz CT molecular complexity index is 607. The lowest BCUT2D eigenvalue weighted by molar-refractivity contribution is -0.276. The highest BCUT2D eigenvalue weighted by atomic mass is 28.4. The van der Waals surface area contributed by atoms with Gasteiger partial charge in [-0.1, -0.05) is 12.1 Å². The molecule has 23 heavy (non-hydrogen) atoms.